The summed E-state index contributed by atoms with van der Waals surface area (Å²) in [5.41, 5.74) is 1.74. The minimum absolute atomic E-state index is 0.00806. The monoisotopic (exact) mass is 486 g/mol. The molecule has 0 atom stereocenters. The summed E-state index contributed by atoms with van der Waals surface area (Å²) in [4.78, 5) is 16.5. The second-order valence-corrected chi connectivity index (χ2v) is 8.37. The number of amidine groups is 2. The van der Waals surface area contributed by atoms with E-state index >= 15 is 0 Å². The van der Waals surface area contributed by atoms with E-state index in [0.717, 1.165) is 10.6 Å². The average molecular weight is 487 g/mol. The molecule has 0 saturated heterocycles. The zero-order valence-corrected chi connectivity index (χ0v) is 18.3. The highest BCUT2D eigenvalue weighted by atomic mass is 79.9. The van der Waals surface area contributed by atoms with Crippen LogP contribution in [0.4, 0.5) is 4.39 Å². The molecule has 30 heavy (non-hydrogen) atoms. The van der Waals surface area contributed by atoms with Gasteiger partial charge in [-0.2, -0.15) is 15.1 Å². The van der Waals surface area contributed by atoms with Crippen molar-refractivity contribution in [2.45, 2.75) is 20.0 Å². The number of rotatable bonds is 5. The second kappa shape index (κ2) is 8.53. The van der Waals surface area contributed by atoms with Gasteiger partial charge in [0.05, 0.1) is 10.0 Å². The topological polar surface area (TPSA) is 78.1 Å². The van der Waals surface area contributed by atoms with Crippen LogP contribution in [-0.2, 0) is 11.4 Å². The average Bonchev–Trinajstić information content (AvgIpc) is 3.15. The van der Waals surface area contributed by atoms with Crippen molar-refractivity contribution in [3.8, 4) is 5.75 Å². The fourth-order valence-corrected chi connectivity index (χ4v) is 4.14. The Balaban J connectivity index is 1.52. The van der Waals surface area contributed by atoms with E-state index in [1.807, 2.05) is 6.92 Å². The Morgan fingerprint density at radius 2 is 2.03 bits per heavy atom. The van der Waals surface area contributed by atoms with Gasteiger partial charge in [-0.15, -0.1) is 0 Å². The first kappa shape index (κ1) is 20.5. The van der Waals surface area contributed by atoms with E-state index in [4.69, 9.17) is 10.1 Å². The summed E-state index contributed by atoms with van der Waals surface area (Å²) in [5, 5.41) is 15.3. The number of nitrogens with one attached hydrogen (secondary N) is 1. The molecule has 0 saturated carbocycles. The van der Waals surface area contributed by atoms with Crippen LogP contribution in [-0.4, -0.2) is 27.0 Å². The highest BCUT2D eigenvalue weighted by Crippen LogP contribution is 2.31. The highest BCUT2D eigenvalue weighted by molar-refractivity contribution is 9.10. The number of carbonyl (C=O) groups excluding carboxylic acids is 1. The van der Waals surface area contributed by atoms with Gasteiger partial charge in [0, 0.05) is 0 Å². The second-order valence-electron chi connectivity index (χ2n) is 6.47. The normalized spacial score (nSPS) is 17.2. The molecule has 2 aromatic carbocycles. The van der Waals surface area contributed by atoms with Crippen LogP contribution >= 0.6 is 27.7 Å². The number of hydrazone groups is 1. The Morgan fingerprint density at radius 3 is 2.73 bits per heavy atom. The summed E-state index contributed by atoms with van der Waals surface area (Å²) in [5.74, 6) is -0.131. The first-order valence-corrected chi connectivity index (χ1v) is 10.7. The molecule has 0 aromatic heterocycles. The van der Waals surface area contributed by atoms with Gasteiger partial charge in [-0.1, -0.05) is 25.1 Å². The molecule has 4 rings (SSSR count). The summed E-state index contributed by atoms with van der Waals surface area (Å²) in [7, 11) is 0. The maximum atomic E-state index is 13.0. The van der Waals surface area contributed by atoms with E-state index in [0.29, 0.717) is 34.0 Å². The number of fused-ring (bicyclic) bond motifs is 1. The first-order valence-electron chi connectivity index (χ1n) is 9.10. The van der Waals surface area contributed by atoms with E-state index in [9.17, 15) is 9.18 Å². The highest BCUT2D eigenvalue weighted by Gasteiger charge is 2.35. The van der Waals surface area contributed by atoms with Crippen LogP contribution in [0.2, 0.25) is 0 Å². The van der Waals surface area contributed by atoms with E-state index < -0.39 is 5.91 Å². The van der Waals surface area contributed by atoms with Gasteiger partial charge in [0.1, 0.15) is 23.2 Å². The molecule has 152 valence electrons. The number of ether oxygens (including phenoxy) is 1. The third-order valence-corrected chi connectivity index (χ3v) is 6.05. The number of nitrogens with zero attached hydrogens (tertiary/aromatic N) is 3. The number of aliphatic imine (C=N–C) groups is 1. The van der Waals surface area contributed by atoms with E-state index in [1.165, 1.54) is 28.9 Å². The van der Waals surface area contributed by atoms with Crippen LogP contribution in [0.1, 0.15) is 24.5 Å². The Hall–Kier alpha value is -2.78. The van der Waals surface area contributed by atoms with Gasteiger partial charge in [0.2, 0.25) is 5.17 Å². The first-order chi connectivity index (χ1) is 14.4. The van der Waals surface area contributed by atoms with Crippen molar-refractivity contribution in [3.05, 3.63) is 69.5 Å². The Labute approximate surface area is 185 Å². The smallest absolute Gasteiger partial charge is 0.283 e. The molecule has 0 spiro atoms. The quantitative estimate of drug-likeness (QED) is 0.589. The molecule has 1 amide bonds. The predicted molar refractivity (Wildman–Crippen MR) is 120 cm³/mol. The van der Waals surface area contributed by atoms with Gasteiger partial charge in [-0.25, -0.2) is 4.39 Å². The molecule has 0 radical (unpaired) electrons. The number of hydrogen-bond donors (Lipinski definition) is 1. The maximum Gasteiger partial charge on any atom is 0.283 e. The lowest BCUT2D eigenvalue weighted by Crippen LogP contribution is -2.35. The summed E-state index contributed by atoms with van der Waals surface area (Å²) in [6.07, 6.45) is 2.33. The fourth-order valence-electron chi connectivity index (χ4n) is 2.81. The molecule has 0 aliphatic carbocycles. The number of hydrogen-bond acceptors (Lipinski definition) is 5. The summed E-state index contributed by atoms with van der Waals surface area (Å²) >= 11 is 4.79. The van der Waals surface area contributed by atoms with Crippen LogP contribution in [0, 0.1) is 11.2 Å². The largest absolute Gasteiger partial charge is 0.488 e. The maximum absolute atomic E-state index is 13.0. The van der Waals surface area contributed by atoms with E-state index in [-0.39, 0.29) is 17.2 Å². The molecule has 9 heteroatoms. The van der Waals surface area contributed by atoms with Crippen molar-refractivity contribution in [2.75, 3.05) is 0 Å². The molecule has 6 nitrogen and oxygen atoms in total. The number of amides is 1. The Bertz CT molecular complexity index is 1130. The lowest BCUT2D eigenvalue weighted by atomic mass is 10.1. The SMILES string of the molecule is CCC1=NN2C(=N)C(=Cc3ccc(OCc4ccc(F)cc4)c(Br)c3)C(=O)N=C2S1. The van der Waals surface area contributed by atoms with Crippen molar-refractivity contribution in [3.63, 3.8) is 0 Å². The number of benzene rings is 2. The van der Waals surface area contributed by atoms with Gasteiger partial charge in [-0.05, 0) is 75.6 Å². The van der Waals surface area contributed by atoms with Crippen molar-refractivity contribution in [1.82, 2.24) is 5.01 Å². The molecule has 0 bridgehead atoms. The molecule has 2 aliphatic rings. The number of halogens is 2. The van der Waals surface area contributed by atoms with Gasteiger partial charge < -0.3 is 4.74 Å². The van der Waals surface area contributed by atoms with Crippen LogP contribution in [0.5, 0.6) is 5.75 Å². The third kappa shape index (κ3) is 4.22. The standard InChI is InChI=1S/C21H16BrFN4O2S/c1-2-18-26-27-19(24)15(20(28)25-21(27)30-18)9-13-5-8-17(16(22)10-13)29-11-12-3-6-14(23)7-4-12/h3-10,24H,2,11H2,1H3. The minimum atomic E-state index is -0.459. The molecule has 2 aromatic rings. The van der Waals surface area contributed by atoms with Crippen molar-refractivity contribution in [1.29, 1.82) is 5.41 Å². The Kier molecular flexibility index (Phi) is 5.83. The molecule has 0 unspecified atom stereocenters. The van der Waals surface area contributed by atoms with Crippen LogP contribution < -0.4 is 4.74 Å². The van der Waals surface area contributed by atoms with Gasteiger partial charge in [0.15, 0.2) is 5.84 Å². The summed E-state index contributed by atoms with van der Waals surface area (Å²) in [6.45, 7) is 2.26. The lowest BCUT2D eigenvalue weighted by molar-refractivity contribution is -0.114. The van der Waals surface area contributed by atoms with Gasteiger partial charge >= 0.3 is 0 Å². The van der Waals surface area contributed by atoms with Crippen molar-refractivity contribution in [2.24, 2.45) is 10.1 Å². The molecule has 1 N–H and O–H groups in total. The fraction of sp³-hybridized carbons (Fsp3) is 0.143. The zero-order chi connectivity index (χ0) is 21.3. The van der Waals surface area contributed by atoms with E-state index in [1.54, 1.807) is 36.4 Å². The van der Waals surface area contributed by atoms with Crippen molar-refractivity contribution >= 4 is 55.7 Å². The molecule has 0 fully saturated rings. The molecular formula is C21H16BrFN4O2S. The van der Waals surface area contributed by atoms with E-state index in [2.05, 4.69) is 26.0 Å². The molecule has 2 heterocycles. The third-order valence-electron chi connectivity index (χ3n) is 4.37. The van der Waals surface area contributed by atoms with Gasteiger partial charge in [-0.3, -0.25) is 10.2 Å². The molecular weight excluding hydrogens is 471 g/mol. The van der Waals surface area contributed by atoms with Crippen LogP contribution in [0.3, 0.4) is 0 Å². The minimum Gasteiger partial charge on any atom is -0.488 e. The number of carbonyl (C=O) groups is 1. The number of thioether (sulfide) groups is 1. The Morgan fingerprint density at radius 1 is 1.27 bits per heavy atom. The van der Waals surface area contributed by atoms with Crippen LogP contribution in [0.25, 0.3) is 6.08 Å². The lowest BCUT2D eigenvalue weighted by Gasteiger charge is -2.20. The van der Waals surface area contributed by atoms with Gasteiger partial charge in [0.25, 0.3) is 5.91 Å². The van der Waals surface area contributed by atoms with Crippen molar-refractivity contribution < 1.29 is 13.9 Å². The van der Waals surface area contributed by atoms with Crippen LogP contribution in [0.15, 0.2) is 62.6 Å². The predicted octanol–water partition coefficient (Wildman–Crippen LogP) is 5.20. The zero-order valence-electron chi connectivity index (χ0n) is 15.9. The molecule has 2 aliphatic heterocycles. The summed E-state index contributed by atoms with van der Waals surface area (Å²) < 4.78 is 19.5. The summed E-state index contributed by atoms with van der Waals surface area (Å²) in [6, 6.07) is 11.5.